The Morgan fingerprint density at radius 1 is 1.20 bits per heavy atom. The third kappa shape index (κ3) is 2.09. The van der Waals surface area contributed by atoms with E-state index in [1.165, 1.54) is 12.8 Å². The van der Waals surface area contributed by atoms with Crippen molar-refractivity contribution in [3.63, 3.8) is 0 Å². The second-order valence-electron chi connectivity index (χ2n) is 9.06. The molecule has 3 heteroatoms. The van der Waals surface area contributed by atoms with E-state index in [0.717, 1.165) is 32.2 Å². The van der Waals surface area contributed by atoms with Gasteiger partial charge in [0.1, 0.15) is 0 Å². The van der Waals surface area contributed by atoms with Gasteiger partial charge in [0.05, 0.1) is 5.41 Å². The molecule has 2 saturated carbocycles. The Labute approximate surface area is 123 Å². The highest BCUT2D eigenvalue weighted by Gasteiger charge is 2.54. The van der Waals surface area contributed by atoms with Crippen LogP contribution in [0.1, 0.15) is 66.2 Å². The van der Waals surface area contributed by atoms with Crippen molar-refractivity contribution in [3.8, 4) is 0 Å². The van der Waals surface area contributed by atoms with Crippen molar-refractivity contribution >= 4 is 5.91 Å². The van der Waals surface area contributed by atoms with Gasteiger partial charge in [-0.15, -0.1) is 0 Å². The average Bonchev–Trinajstić information content (AvgIpc) is 2.76. The fraction of sp³-hybridized carbons (Fsp3) is 0.941. The monoisotopic (exact) mass is 278 g/mol. The number of amides is 1. The quantitative estimate of drug-likeness (QED) is 0.801. The van der Waals surface area contributed by atoms with Crippen molar-refractivity contribution in [1.82, 2.24) is 4.90 Å². The van der Waals surface area contributed by atoms with Crippen LogP contribution in [0.25, 0.3) is 0 Å². The summed E-state index contributed by atoms with van der Waals surface area (Å²) in [6.45, 7) is 10.1. The average molecular weight is 278 g/mol. The zero-order chi connectivity index (χ0) is 14.8. The van der Waals surface area contributed by atoms with Gasteiger partial charge in [0.25, 0.3) is 0 Å². The van der Waals surface area contributed by atoms with Crippen molar-refractivity contribution in [2.24, 2.45) is 22.0 Å². The molecule has 1 saturated heterocycles. The van der Waals surface area contributed by atoms with Crippen LogP contribution in [-0.2, 0) is 4.79 Å². The molecule has 4 atom stereocenters. The number of nitrogens with zero attached hydrogens (tertiary/aromatic N) is 1. The zero-order valence-corrected chi connectivity index (χ0v) is 13.5. The lowest BCUT2D eigenvalue weighted by Gasteiger charge is -2.40. The molecule has 0 aromatic rings. The molecule has 2 N–H and O–H groups in total. The van der Waals surface area contributed by atoms with E-state index in [9.17, 15) is 4.79 Å². The lowest BCUT2D eigenvalue weighted by molar-refractivity contribution is -0.142. The van der Waals surface area contributed by atoms with Crippen LogP contribution in [0, 0.1) is 16.2 Å². The van der Waals surface area contributed by atoms with E-state index < -0.39 is 0 Å². The largest absolute Gasteiger partial charge is 0.339 e. The van der Waals surface area contributed by atoms with Crippen LogP contribution >= 0.6 is 0 Å². The highest BCUT2D eigenvalue weighted by molar-refractivity contribution is 5.84. The summed E-state index contributed by atoms with van der Waals surface area (Å²) in [5, 5.41) is 0. The smallest absolute Gasteiger partial charge is 0.230 e. The van der Waals surface area contributed by atoms with Crippen LogP contribution in [0.15, 0.2) is 0 Å². The molecule has 0 radical (unpaired) electrons. The maximum absolute atomic E-state index is 13.1. The maximum atomic E-state index is 13.1. The number of hydrogen-bond donors (Lipinski definition) is 1. The summed E-state index contributed by atoms with van der Waals surface area (Å²) in [5.41, 5.74) is 6.64. The standard InChI is InChI=1S/C17H30N2O/c1-15(2)8-12-9-16(3,10-15)11-19(12)14(20)17(4)7-5-6-13(17)18/h12-13H,5-11,18H2,1-4H3. The third-order valence-corrected chi connectivity index (χ3v) is 6.19. The maximum Gasteiger partial charge on any atom is 0.230 e. The first-order valence-electron chi connectivity index (χ1n) is 8.22. The van der Waals surface area contributed by atoms with Gasteiger partial charge < -0.3 is 10.6 Å². The molecule has 1 amide bonds. The van der Waals surface area contributed by atoms with Gasteiger partial charge in [-0.25, -0.2) is 0 Å². The Morgan fingerprint density at radius 3 is 2.50 bits per heavy atom. The number of fused-ring (bicyclic) bond motifs is 2. The molecule has 3 rings (SSSR count). The molecule has 20 heavy (non-hydrogen) atoms. The Hall–Kier alpha value is -0.570. The Morgan fingerprint density at radius 2 is 1.90 bits per heavy atom. The van der Waals surface area contributed by atoms with E-state index in [1.54, 1.807) is 0 Å². The first kappa shape index (κ1) is 14.4. The van der Waals surface area contributed by atoms with E-state index in [-0.39, 0.29) is 11.5 Å². The SMILES string of the molecule is CC1(C)CC2CC(C)(CN2C(=O)C2(C)CCCC2N)C1. The summed E-state index contributed by atoms with van der Waals surface area (Å²) in [5.74, 6) is 0.342. The summed E-state index contributed by atoms with van der Waals surface area (Å²) in [6, 6.07) is 0.497. The number of carbonyl (C=O) groups excluding carboxylic acids is 1. The number of rotatable bonds is 1. The zero-order valence-electron chi connectivity index (χ0n) is 13.5. The van der Waals surface area contributed by atoms with Gasteiger partial charge in [-0.3, -0.25) is 4.79 Å². The van der Waals surface area contributed by atoms with Gasteiger partial charge in [0, 0.05) is 18.6 Å². The molecule has 1 heterocycles. The third-order valence-electron chi connectivity index (χ3n) is 6.19. The second kappa shape index (κ2) is 4.22. The van der Waals surface area contributed by atoms with Gasteiger partial charge in [0.15, 0.2) is 0 Å². The van der Waals surface area contributed by atoms with Crippen LogP contribution in [0.5, 0.6) is 0 Å². The fourth-order valence-corrected chi connectivity index (χ4v) is 5.48. The van der Waals surface area contributed by atoms with Gasteiger partial charge >= 0.3 is 0 Å². The summed E-state index contributed by atoms with van der Waals surface area (Å²) < 4.78 is 0. The molecule has 2 bridgehead atoms. The highest BCUT2D eigenvalue weighted by atomic mass is 16.2. The van der Waals surface area contributed by atoms with E-state index in [4.69, 9.17) is 5.73 Å². The van der Waals surface area contributed by atoms with E-state index in [2.05, 4.69) is 32.6 Å². The summed E-state index contributed by atoms with van der Waals surface area (Å²) in [4.78, 5) is 15.3. The van der Waals surface area contributed by atoms with Gasteiger partial charge in [-0.05, 0) is 49.9 Å². The molecule has 2 aliphatic carbocycles. The molecular formula is C17H30N2O. The Kier molecular flexibility index (Phi) is 3.03. The minimum atomic E-state index is -0.308. The van der Waals surface area contributed by atoms with E-state index in [1.807, 2.05) is 0 Å². The normalized spacial score (nSPS) is 46.8. The Balaban J connectivity index is 1.84. The van der Waals surface area contributed by atoms with Gasteiger partial charge in [-0.2, -0.15) is 0 Å². The molecule has 4 unspecified atom stereocenters. The molecule has 3 aliphatic rings. The minimum Gasteiger partial charge on any atom is -0.339 e. The topological polar surface area (TPSA) is 46.3 Å². The van der Waals surface area contributed by atoms with E-state index >= 15 is 0 Å². The molecule has 114 valence electrons. The predicted octanol–water partition coefficient (Wildman–Crippen LogP) is 2.93. The number of nitrogens with two attached hydrogens (primary N) is 1. The van der Waals surface area contributed by atoms with Crippen LogP contribution in [0.3, 0.4) is 0 Å². The highest BCUT2D eigenvalue weighted by Crippen LogP contribution is 2.54. The molecule has 1 aliphatic heterocycles. The van der Waals surface area contributed by atoms with Crippen molar-refractivity contribution in [3.05, 3.63) is 0 Å². The number of carbonyl (C=O) groups is 1. The molecular weight excluding hydrogens is 248 g/mol. The summed E-state index contributed by atoms with van der Waals surface area (Å²) >= 11 is 0. The fourth-order valence-electron chi connectivity index (χ4n) is 5.48. The van der Waals surface area contributed by atoms with Gasteiger partial charge in [0.2, 0.25) is 5.91 Å². The van der Waals surface area contributed by atoms with Crippen molar-refractivity contribution in [1.29, 1.82) is 0 Å². The second-order valence-corrected chi connectivity index (χ2v) is 9.06. The minimum absolute atomic E-state index is 0.0521. The lowest BCUT2D eigenvalue weighted by Crippen LogP contribution is -2.51. The van der Waals surface area contributed by atoms with E-state index in [0.29, 0.717) is 22.8 Å². The Bertz CT molecular complexity index is 433. The van der Waals surface area contributed by atoms with Crippen LogP contribution in [0.2, 0.25) is 0 Å². The predicted molar refractivity (Wildman–Crippen MR) is 81.2 cm³/mol. The van der Waals surface area contributed by atoms with Crippen molar-refractivity contribution in [2.75, 3.05) is 6.54 Å². The van der Waals surface area contributed by atoms with Crippen LogP contribution in [-0.4, -0.2) is 29.4 Å². The molecule has 0 aromatic carbocycles. The lowest BCUT2D eigenvalue weighted by atomic mass is 9.65. The molecule has 0 spiro atoms. The first-order chi connectivity index (χ1) is 9.15. The molecule has 3 fully saturated rings. The summed E-state index contributed by atoms with van der Waals surface area (Å²) in [7, 11) is 0. The van der Waals surface area contributed by atoms with Gasteiger partial charge in [-0.1, -0.05) is 27.2 Å². The first-order valence-corrected chi connectivity index (χ1v) is 8.22. The van der Waals surface area contributed by atoms with Crippen LogP contribution < -0.4 is 5.73 Å². The number of hydrogen-bond acceptors (Lipinski definition) is 2. The summed E-state index contributed by atoms with van der Waals surface area (Å²) in [6.07, 6.45) is 6.65. The van der Waals surface area contributed by atoms with Crippen molar-refractivity contribution in [2.45, 2.75) is 78.3 Å². The molecule has 3 nitrogen and oxygen atoms in total. The molecule has 0 aromatic heterocycles. The van der Waals surface area contributed by atoms with Crippen molar-refractivity contribution < 1.29 is 4.79 Å². The van der Waals surface area contributed by atoms with Crippen LogP contribution in [0.4, 0.5) is 0 Å². The number of likely N-dealkylation sites (tertiary alicyclic amines) is 1.